The summed E-state index contributed by atoms with van der Waals surface area (Å²) < 4.78 is 0. The second-order valence-electron chi connectivity index (χ2n) is 10.4. The van der Waals surface area contributed by atoms with Crippen LogP contribution in [0.2, 0.25) is 0 Å². The highest BCUT2D eigenvalue weighted by Crippen LogP contribution is 2.27. The third-order valence-corrected chi connectivity index (χ3v) is 6.70. The van der Waals surface area contributed by atoms with Crippen molar-refractivity contribution in [2.75, 3.05) is 0 Å². The van der Waals surface area contributed by atoms with Crippen LogP contribution in [0.25, 0.3) is 0 Å². The minimum Gasteiger partial charge on any atom is -0.103 e. The molecule has 0 spiro atoms. The van der Waals surface area contributed by atoms with Crippen LogP contribution in [-0.4, -0.2) is 0 Å². The summed E-state index contributed by atoms with van der Waals surface area (Å²) in [6.07, 6.45) is 25.4. The molecular formula is C29H54. The van der Waals surface area contributed by atoms with Gasteiger partial charge in [-0.15, -0.1) is 6.58 Å². The summed E-state index contributed by atoms with van der Waals surface area (Å²) in [5.41, 5.74) is 2.08. The van der Waals surface area contributed by atoms with Gasteiger partial charge in [0, 0.05) is 0 Å². The molecule has 29 heavy (non-hydrogen) atoms. The lowest BCUT2D eigenvalue weighted by Crippen LogP contribution is -2.06. The molecule has 0 aliphatic heterocycles. The van der Waals surface area contributed by atoms with Crippen LogP contribution in [0, 0.1) is 23.2 Å². The lowest BCUT2D eigenvalue weighted by molar-refractivity contribution is 0.357. The minimum atomic E-state index is 0.474. The van der Waals surface area contributed by atoms with Gasteiger partial charge < -0.3 is 0 Å². The second kappa shape index (κ2) is 17.0. The first kappa shape index (κ1) is 28.2. The Morgan fingerprint density at radius 3 is 2.31 bits per heavy atom. The quantitative estimate of drug-likeness (QED) is 0.336. The summed E-state index contributed by atoms with van der Waals surface area (Å²) in [5.74, 6) is 2.86. The molecule has 3 atom stereocenters. The Hall–Kier alpha value is -0.780. The molecular weight excluding hydrogens is 348 g/mol. The van der Waals surface area contributed by atoms with Crippen molar-refractivity contribution in [2.24, 2.45) is 23.2 Å². The maximum Gasteiger partial charge on any atom is -0.0228 e. The monoisotopic (exact) mass is 402 g/mol. The van der Waals surface area contributed by atoms with E-state index in [1.54, 1.807) is 5.57 Å². The van der Waals surface area contributed by atoms with Crippen LogP contribution in [0.3, 0.4) is 0 Å². The molecule has 2 aliphatic carbocycles. The Morgan fingerprint density at radius 1 is 1.17 bits per heavy atom. The van der Waals surface area contributed by atoms with E-state index < -0.39 is 0 Å². The molecule has 0 saturated heterocycles. The Labute approximate surface area is 185 Å². The number of allylic oxidation sites excluding steroid dienone is 5. The molecule has 2 rings (SSSR count). The fraction of sp³-hybridized carbons (Fsp3) is 0.793. The van der Waals surface area contributed by atoms with Gasteiger partial charge in [0.2, 0.25) is 0 Å². The largest absolute Gasteiger partial charge is 0.103 e. The van der Waals surface area contributed by atoms with Gasteiger partial charge in [-0.25, -0.2) is 0 Å². The van der Waals surface area contributed by atoms with E-state index in [1.165, 1.54) is 70.6 Å². The molecule has 0 aromatic rings. The maximum atomic E-state index is 3.69. The first-order valence-electron chi connectivity index (χ1n) is 12.7. The summed E-state index contributed by atoms with van der Waals surface area (Å²) in [5, 5.41) is 0. The van der Waals surface area contributed by atoms with Gasteiger partial charge in [-0.1, -0.05) is 104 Å². The van der Waals surface area contributed by atoms with Gasteiger partial charge in [-0.2, -0.15) is 0 Å². The lowest BCUT2D eigenvalue weighted by atomic mass is 9.87. The predicted octanol–water partition coefficient (Wildman–Crippen LogP) is 10.3. The molecule has 2 aliphatic rings. The lowest BCUT2D eigenvalue weighted by Gasteiger charge is -2.19. The molecule has 0 saturated carbocycles. The zero-order valence-electron chi connectivity index (χ0n) is 21.2. The van der Waals surface area contributed by atoms with Gasteiger partial charge in [0.15, 0.2) is 0 Å². The van der Waals surface area contributed by atoms with Gasteiger partial charge in [0.05, 0.1) is 0 Å². The van der Waals surface area contributed by atoms with Crippen LogP contribution in [0.4, 0.5) is 0 Å². The molecule has 170 valence electrons. The van der Waals surface area contributed by atoms with Crippen molar-refractivity contribution in [3.63, 3.8) is 0 Å². The summed E-state index contributed by atoms with van der Waals surface area (Å²) >= 11 is 0. The number of rotatable bonds is 9. The summed E-state index contributed by atoms with van der Waals surface area (Å²) in [6.45, 7) is 19.6. The van der Waals surface area contributed by atoms with Crippen molar-refractivity contribution in [1.82, 2.24) is 0 Å². The molecule has 0 radical (unpaired) electrons. The average molecular weight is 403 g/mol. The average Bonchev–Trinajstić information content (AvgIpc) is 3.18. The van der Waals surface area contributed by atoms with E-state index in [1.807, 2.05) is 6.08 Å². The normalized spacial score (nSPS) is 22.0. The van der Waals surface area contributed by atoms with E-state index in [0.29, 0.717) is 5.41 Å². The van der Waals surface area contributed by atoms with Gasteiger partial charge in [0.1, 0.15) is 0 Å². The molecule has 0 amide bonds. The summed E-state index contributed by atoms with van der Waals surface area (Å²) in [7, 11) is 0. The molecule has 0 N–H and O–H groups in total. The molecule has 0 bridgehead atoms. The third-order valence-electron chi connectivity index (χ3n) is 6.70. The summed E-state index contributed by atoms with van der Waals surface area (Å²) in [4.78, 5) is 0. The molecule has 0 fully saturated rings. The Kier molecular flexibility index (Phi) is 16.5. The van der Waals surface area contributed by atoms with Gasteiger partial charge in [-0.05, 0) is 75.0 Å². The van der Waals surface area contributed by atoms with Crippen LogP contribution in [0.5, 0.6) is 0 Å². The first-order chi connectivity index (χ1) is 13.8. The van der Waals surface area contributed by atoms with Crippen LogP contribution in [0.1, 0.15) is 126 Å². The van der Waals surface area contributed by atoms with E-state index >= 15 is 0 Å². The Morgan fingerprint density at radius 2 is 1.90 bits per heavy atom. The van der Waals surface area contributed by atoms with Crippen LogP contribution in [0.15, 0.2) is 36.5 Å². The molecule has 0 aromatic heterocycles. The van der Waals surface area contributed by atoms with E-state index in [4.69, 9.17) is 0 Å². The fourth-order valence-corrected chi connectivity index (χ4v) is 4.24. The zero-order valence-corrected chi connectivity index (χ0v) is 21.2. The van der Waals surface area contributed by atoms with Gasteiger partial charge in [-0.3, -0.25) is 0 Å². The van der Waals surface area contributed by atoms with E-state index in [2.05, 4.69) is 73.3 Å². The Bertz CT molecular complexity index is 451. The molecule has 0 heteroatoms. The third kappa shape index (κ3) is 15.7. The standard InChI is InChI=1S/C11H20.C10H18.C8H16/c1-3-6-10(2)9-11-7-4-5-8-11;1-3-4-10-7-5-9(2)6-8-10;1-5-7-8(3,4)6-2/h4,7,10-11H,3,5-6,8-9H2,1-2H3;5,10H,3-4,6-8H2,1-2H3;5H,1,6-7H2,2-4H3. The minimum absolute atomic E-state index is 0.474. The number of hydrogen-bond acceptors (Lipinski definition) is 0. The highest BCUT2D eigenvalue weighted by atomic mass is 14.2. The van der Waals surface area contributed by atoms with Crippen LogP contribution < -0.4 is 0 Å². The predicted molar refractivity (Wildman–Crippen MR) is 135 cm³/mol. The molecule has 0 nitrogen and oxygen atoms in total. The van der Waals surface area contributed by atoms with E-state index in [-0.39, 0.29) is 0 Å². The highest BCUT2D eigenvalue weighted by Gasteiger charge is 2.12. The van der Waals surface area contributed by atoms with Crippen molar-refractivity contribution < 1.29 is 0 Å². The van der Waals surface area contributed by atoms with Crippen molar-refractivity contribution in [3.8, 4) is 0 Å². The summed E-state index contributed by atoms with van der Waals surface area (Å²) in [6, 6.07) is 0. The smallest absolute Gasteiger partial charge is 0.0228 e. The fourth-order valence-electron chi connectivity index (χ4n) is 4.24. The van der Waals surface area contributed by atoms with Crippen molar-refractivity contribution in [1.29, 1.82) is 0 Å². The van der Waals surface area contributed by atoms with Crippen molar-refractivity contribution in [3.05, 3.63) is 36.5 Å². The van der Waals surface area contributed by atoms with E-state index in [9.17, 15) is 0 Å². The molecule has 0 heterocycles. The first-order valence-corrected chi connectivity index (χ1v) is 12.7. The zero-order chi connectivity index (χ0) is 22.1. The van der Waals surface area contributed by atoms with Gasteiger partial charge >= 0.3 is 0 Å². The maximum absolute atomic E-state index is 3.69. The molecule has 3 unspecified atom stereocenters. The SMILES string of the molecule is C=CCC(C)(C)CC.CCCC(C)CC1C=CCC1.CCCC1CC=C(C)CC1. The topological polar surface area (TPSA) is 0 Å². The molecule has 0 aromatic carbocycles. The number of hydrogen-bond donors (Lipinski definition) is 0. The van der Waals surface area contributed by atoms with Gasteiger partial charge in [0.25, 0.3) is 0 Å². The van der Waals surface area contributed by atoms with Crippen LogP contribution in [-0.2, 0) is 0 Å². The van der Waals surface area contributed by atoms with Crippen molar-refractivity contribution in [2.45, 2.75) is 126 Å². The van der Waals surface area contributed by atoms with Crippen LogP contribution >= 0.6 is 0 Å². The second-order valence-corrected chi connectivity index (χ2v) is 10.4. The van der Waals surface area contributed by atoms with E-state index in [0.717, 1.165) is 24.2 Å². The Balaban J connectivity index is 0.000000412. The highest BCUT2D eigenvalue weighted by molar-refractivity contribution is 5.02. The van der Waals surface area contributed by atoms with Crippen molar-refractivity contribution >= 4 is 0 Å².